The summed E-state index contributed by atoms with van der Waals surface area (Å²) in [4.78, 5) is 24.7. The van der Waals surface area contributed by atoms with Crippen molar-refractivity contribution in [2.75, 3.05) is 27.4 Å². The van der Waals surface area contributed by atoms with Crippen molar-refractivity contribution in [2.24, 2.45) is 5.10 Å². The maximum Gasteiger partial charge on any atom is 0.337 e. The van der Waals surface area contributed by atoms with Gasteiger partial charge in [0, 0.05) is 16.3 Å². The van der Waals surface area contributed by atoms with Gasteiger partial charge in [-0.25, -0.2) is 9.59 Å². The lowest BCUT2D eigenvalue weighted by Gasteiger charge is -2.28. The Labute approximate surface area is 284 Å². The van der Waals surface area contributed by atoms with E-state index < -0.39 is 24.3 Å². The van der Waals surface area contributed by atoms with Crippen molar-refractivity contribution in [3.8, 4) is 23.0 Å². The first-order valence-electron chi connectivity index (χ1n) is 15.1. The van der Waals surface area contributed by atoms with Crippen LogP contribution in [0.5, 0.6) is 23.0 Å². The third-order valence-electron chi connectivity index (χ3n) is 7.14. The molecule has 4 N–H and O–H groups in total. The van der Waals surface area contributed by atoms with Crippen LogP contribution in [0.15, 0.2) is 83.6 Å². The van der Waals surface area contributed by atoms with E-state index in [4.69, 9.17) is 35.3 Å². The number of methoxy groups -OCH3 is 2. The molecule has 0 radical (unpaired) electrons. The largest absolute Gasteiger partial charge is 0.493 e. The Morgan fingerprint density at radius 3 is 2.54 bits per heavy atom. The number of hydrazone groups is 1. The van der Waals surface area contributed by atoms with Crippen LogP contribution in [0.4, 0.5) is 4.79 Å². The standard InChI is InChI=1S/C35H39ClN4O8/c1-6-8-25-15-23(16-29(44-4)33(25)48-19-22-9-12-26(36)13-10-22)18-37-40-30(41)20-47-27-14-11-24(17-28(27)46-7-2)32-31(34(42)45-5)21(3)38-35(43)39-32/h6,9-18,30,32,40-41H,1,7-8,19-20H2,2-5H3,(H2,38,39,43)/b37-18-/t30-,32-/m1/s1. The molecule has 1 aliphatic rings. The number of hydrogen-bond acceptors (Lipinski definition) is 10. The minimum atomic E-state index is -1.17. The molecule has 1 aliphatic heterocycles. The van der Waals surface area contributed by atoms with Crippen LogP contribution in [0, 0.1) is 0 Å². The van der Waals surface area contributed by atoms with Gasteiger partial charge >= 0.3 is 12.0 Å². The summed E-state index contributed by atoms with van der Waals surface area (Å²) >= 11 is 6.00. The van der Waals surface area contributed by atoms with Crippen molar-refractivity contribution in [3.05, 3.63) is 106 Å². The summed E-state index contributed by atoms with van der Waals surface area (Å²) in [6.45, 7) is 7.77. The quantitative estimate of drug-likeness (QED) is 0.0529. The molecule has 4 rings (SSSR count). The van der Waals surface area contributed by atoms with Gasteiger partial charge < -0.3 is 39.4 Å². The number of aliphatic hydroxyl groups excluding tert-OH is 1. The summed E-state index contributed by atoms with van der Waals surface area (Å²) < 4.78 is 28.3. The van der Waals surface area contributed by atoms with E-state index in [0.29, 0.717) is 64.5 Å². The number of esters is 1. The maximum atomic E-state index is 12.5. The molecule has 0 fully saturated rings. The number of rotatable bonds is 16. The molecule has 12 nitrogen and oxygen atoms in total. The number of carbonyl (C=O) groups is 2. The highest BCUT2D eigenvalue weighted by Crippen LogP contribution is 2.36. The SMILES string of the molecule is C=CCc1cc(/C=N\N[C@H](O)COc2ccc([C@H]3NC(=O)NC(C)=C3C(=O)OC)cc2OCC)cc(OC)c1OCc1ccc(Cl)cc1. The summed E-state index contributed by atoms with van der Waals surface area (Å²) in [7, 11) is 2.83. The molecule has 0 bridgehead atoms. The fraction of sp³-hybridized carbons (Fsp3) is 0.286. The van der Waals surface area contributed by atoms with E-state index in [1.807, 2.05) is 25.1 Å². The summed E-state index contributed by atoms with van der Waals surface area (Å²) in [6, 6.07) is 14.9. The summed E-state index contributed by atoms with van der Waals surface area (Å²) in [5.41, 5.74) is 6.39. The van der Waals surface area contributed by atoms with Crippen LogP contribution in [0.2, 0.25) is 5.02 Å². The van der Waals surface area contributed by atoms with Crippen molar-refractivity contribution < 1.29 is 38.4 Å². The highest BCUT2D eigenvalue weighted by molar-refractivity contribution is 6.30. The third kappa shape index (κ3) is 9.20. The number of nitrogens with one attached hydrogen (secondary N) is 3. The van der Waals surface area contributed by atoms with E-state index in [1.165, 1.54) is 7.11 Å². The van der Waals surface area contributed by atoms with Crippen molar-refractivity contribution >= 4 is 29.8 Å². The first kappa shape index (κ1) is 35.7. The molecule has 48 heavy (non-hydrogen) atoms. The van der Waals surface area contributed by atoms with E-state index in [2.05, 4.69) is 27.7 Å². The average molecular weight is 679 g/mol. The zero-order valence-corrected chi connectivity index (χ0v) is 27.9. The molecule has 3 aromatic carbocycles. The van der Waals surface area contributed by atoms with Crippen molar-refractivity contribution in [1.82, 2.24) is 16.1 Å². The lowest BCUT2D eigenvalue weighted by Crippen LogP contribution is -2.45. The van der Waals surface area contributed by atoms with Gasteiger partial charge in [-0.05, 0) is 73.4 Å². The highest BCUT2D eigenvalue weighted by Gasteiger charge is 2.32. The molecule has 254 valence electrons. The average Bonchev–Trinajstić information content (AvgIpc) is 3.07. The van der Waals surface area contributed by atoms with E-state index >= 15 is 0 Å². The van der Waals surface area contributed by atoms with Gasteiger partial charge in [0.2, 0.25) is 0 Å². The Morgan fingerprint density at radius 2 is 1.85 bits per heavy atom. The smallest absolute Gasteiger partial charge is 0.337 e. The van der Waals surface area contributed by atoms with E-state index in [1.54, 1.807) is 62.7 Å². The molecular formula is C35H39ClN4O8. The molecule has 0 saturated carbocycles. The van der Waals surface area contributed by atoms with E-state index in [-0.39, 0.29) is 12.2 Å². The van der Waals surface area contributed by atoms with Gasteiger partial charge in [-0.2, -0.15) is 5.10 Å². The monoisotopic (exact) mass is 678 g/mol. The number of nitrogens with zero attached hydrogens (tertiary/aromatic N) is 1. The summed E-state index contributed by atoms with van der Waals surface area (Å²) in [5.74, 6) is 1.25. The van der Waals surface area contributed by atoms with Gasteiger partial charge in [-0.1, -0.05) is 35.9 Å². The van der Waals surface area contributed by atoms with E-state index in [0.717, 1.165) is 11.1 Å². The van der Waals surface area contributed by atoms with Gasteiger partial charge in [0.05, 0.1) is 38.7 Å². The number of allylic oxidation sites excluding steroid dienone is 2. The second kappa shape index (κ2) is 17.1. The fourth-order valence-corrected chi connectivity index (χ4v) is 5.06. The molecule has 0 spiro atoms. The number of urea groups is 1. The van der Waals surface area contributed by atoms with Crippen LogP contribution in [-0.2, 0) is 22.6 Å². The van der Waals surface area contributed by atoms with Crippen LogP contribution >= 0.6 is 11.6 Å². The summed E-state index contributed by atoms with van der Waals surface area (Å²) in [5, 5.41) is 20.7. The van der Waals surface area contributed by atoms with Gasteiger partial charge in [0.25, 0.3) is 0 Å². The molecule has 0 saturated heterocycles. The number of amides is 2. The predicted octanol–water partition coefficient (Wildman–Crippen LogP) is 5.18. The van der Waals surface area contributed by atoms with Crippen LogP contribution in [0.25, 0.3) is 0 Å². The number of halogens is 1. The Kier molecular flexibility index (Phi) is 12.7. The summed E-state index contributed by atoms with van der Waals surface area (Å²) in [6.07, 6.45) is 2.67. The minimum absolute atomic E-state index is 0.171. The molecule has 0 unspecified atom stereocenters. The molecule has 13 heteroatoms. The number of aliphatic hydroxyl groups is 1. The van der Waals surface area contributed by atoms with Gasteiger partial charge in [-0.3, -0.25) is 5.43 Å². The minimum Gasteiger partial charge on any atom is -0.493 e. The Bertz CT molecular complexity index is 1680. The van der Waals surface area contributed by atoms with Crippen molar-refractivity contribution in [1.29, 1.82) is 0 Å². The molecule has 2 amide bonds. The van der Waals surface area contributed by atoms with Gasteiger partial charge in [-0.15, -0.1) is 6.58 Å². The Balaban J connectivity index is 1.42. The highest BCUT2D eigenvalue weighted by atomic mass is 35.5. The normalized spacial score (nSPS) is 14.9. The molecule has 3 aromatic rings. The van der Waals surface area contributed by atoms with E-state index in [9.17, 15) is 14.7 Å². The number of hydrogen-bond donors (Lipinski definition) is 4. The number of carbonyl (C=O) groups excluding carboxylic acids is 2. The fourth-order valence-electron chi connectivity index (χ4n) is 4.94. The van der Waals surface area contributed by atoms with Crippen molar-refractivity contribution in [3.63, 3.8) is 0 Å². The molecule has 0 aliphatic carbocycles. The second-order valence-electron chi connectivity index (χ2n) is 10.5. The number of benzene rings is 3. The molecule has 0 aromatic heterocycles. The lowest BCUT2D eigenvalue weighted by atomic mass is 9.95. The predicted molar refractivity (Wildman–Crippen MR) is 182 cm³/mol. The zero-order valence-electron chi connectivity index (χ0n) is 27.2. The number of ether oxygens (including phenoxy) is 5. The second-order valence-corrected chi connectivity index (χ2v) is 11.0. The topological polar surface area (TPSA) is 149 Å². The van der Waals surface area contributed by atoms with Gasteiger partial charge in [0.1, 0.15) is 13.2 Å². The van der Waals surface area contributed by atoms with Crippen LogP contribution in [0.3, 0.4) is 0 Å². The lowest BCUT2D eigenvalue weighted by molar-refractivity contribution is -0.136. The molecule has 1 heterocycles. The van der Waals surface area contributed by atoms with Gasteiger partial charge in [0.15, 0.2) is 29.2 Å². The Morgan fingerprint density at radius 1 is 1.08 bits per heavy atom. The zero-order chi connectivity index (χ0) is 34.6. The maximum absolute atomic E-state index is 12.5. The molecule has 2 atom stereocenters. The van der Waals surface area contributed by atoms with Crippen LogP contribution in [0.1, 0.15) is 42.1 Å². The van der Waals surface area contributed by atoms with Crippen LogP contribution in [-0.4, -0.2) is 57.0 Å². The third-order valence-corrected chi connectivity index (χ3v) is 7.40. The molecular weight excluding hydrogens is 640 g/mol. The van der Waals surface area contributed by atoms with Crippen molar-refractivity contribution in [2.45, 2.75) is 39.1 Å². The first-order chi connectivity index (χ1) is 23.2. The first-order valence-corrected chi connectivity index (χ1v) is 15.5. The Hall–Kier alpha value is -5.20. The van der Waals surface area contributed by atoms with Crippen LogP contribution < -0.4 is 35.0 Å².